The molecule has 0 bridgehead atoms. The maximum Gasteiger partial charge on any atom is 0.274 e. The fourth-order valence-corrected chi connectivity index (χ4v) is 3.41. The van der Waals surface area contributed by atoms with Gasteiger partial charge in [0.25, 0.3) is 5.91 Å². The van der Waals surface area contributed by atoms with Crippen LogP contribution in [0.25, 0.3) is 11.1 Å². The maximum absolute atomic E-state index is 12.6. The average molecular weight is 348 g/mol. The first-order valence-corrected chi connectivity index (χ1v) is 8.74. The number of amides is 1. The van der Waals surface area contributed by atoms with Gasteiger partial charge in [0.1, 0.15) is 5.69 Å². The molecule has 0 saturated carbocycles. The third kappa shape index (κ3) is 3.20. The van der Waals surface area contributed by atoms with Crippen molar-refractivity contribution in [3.63, 3.8) is 0 Å². The Kier molecular flexibility index (Phi) is 4.43. The zero-order valence-electron chi connectivity index (χ0n) is 14.6. The van der Waals surface area contributed by atoms with E-state index < -0.39 is 0 Å². The molecule has 132 valence electrons. The minimum absolute atomic E-state index is 0.0464. The molecule has 0 unspecified atom stereocenters. The molecule has 26 heavy (non-hydrogen) atoms. The van der Waals surface area contributed by atoms with Crippen molar-refractivity contribution in [3.8, 4) is 11.1 Å². The number of carbonyl (C=O) groups excluding carboxylic acids is 1. The molecule has 3 aromatic heterocycles. The van der Waals surface area contributed by atoms with Gasteiger partial charge in [-0.25, -0.2) is 4.98 Å². The van der Waals surface area contributed by atoms with Gasteiger partial charge in [0.05, 0.1) is 18.1 Å². The summed E-state index contributed by atoms with van der Waals surface area (Å²) >= 11 is 0. The summed E-state index contributed by atoms with van der Waals surface area (Å²) in [4.78, 5) is 26.9. The van der Waals surface area contributed by atoms with E-state index in [1.54, 1.807) is 24.8 Å². The van der Waals surface area contributed by atoms with Crippen molar-refractivity contribution in [2.45, 2.75) is 25.7 Å². The second kappa shape index (κ2) is 7.03. The van der Waals surface area contributed by atoms with Crippen LogP contribution in [-0.2, 0) is 0 Å². The number of hydrogen-bond acceptors (Lipinski definition) is 5. The third-order valence-corrected chi connectivity index (χ3v) is 4.85. The lowest BCUT2D eigenvalue weighted by atomic mass is 9.89. The van der Waals surface area contributed by atoms with E-state index in [4.69, 9.17) is 0 Å². The maximum atomic E-state index is 12.6. The molecule has 1 saturated heterocycles. The molecule has 1 aliphatic rings. The monoisotopic (exact) mass is 348 g/mol. The smallest absolute Gasteiger partial charge is 0.274 e. The summed E-state index contributed by atoms with van der Waals surface area (Å²) in [5, 5.41) is 7.40. The average Bonchev–Trinajstić information content (AvgIpc) is 3.19. The highest BCUT2D eigenvalue weighted by Crippen LogP contribution is 2.33. The number of aryl methyl sites for hydroxylation is 1. The van der Waals surface area contributed by atoms with E-state index in [9.17, 15) is 4.79 Å². The van der Waals surface area contributed by atoms with Crippen LogP contribution in [0.5, 0.6) is 0 Å². The number of likely N-dealkylation sites (tertiary alicyclic amines) is 1. The van der Waals surface area contributed by atoms with E-state index in [2.05, 4.69) is 25.1 Å². The van der Waals surface area contributed by atoms with Crippen molar-refractivity contribution < 1.29 is 4.79 Å². The van der Waals surface area contributed by atoms with Gasteiger partial charge < -0.3 is 4.90 Å². The van der Waals surface area contributed by atoms with E-state index in [-0.39, 0.29) is 5.91 Å². The number of aromatic amines is 1. The summed E-state index contributed by atoms with van der Waals surface area (Å²) in [7, 11) is 0. The van der Waals surface area contributed by atoms with E-state index in [0.717, 1.165) is 35.4 Å². The van der Waals surface area contributed by atoms with Gasteiger partial charge in [0, 0.05) is 48.9 Å². The molecule has 1 N–H and O–H groups in total. The fraction of sp³-hybridized carbons (Fsp3) is 0.316. The van der Waals surface area contributed by atoms with Crippen LogP contribution in [-0.4, -0.2) is 49.0 Å². The van der Waals surface area contributed by atoms with Crippen molar-refractivity contribution in [2.24, 2.45) is 0 Å². The Morgan fingerprint density at radius 3 is 2.58 bits per heavy atom. The van der Waals surface area contributed by atoms with Gasteiger partial charge in [-0.3, -0.25) is 19.9 Å². The number of piperidine rings is 1. The number of nitrogens with zero attached hydrogens (tertiary/aromatic N) is 5. The van der Waals surface area contributed by atoms with Gasteiger partial charge in [0.15, 0.2) is 0 Å². The number of H-pyrrole nitrogens is 1. The first-order chi connectivity index (χ1) is 12.7. The summed E-state index contributed by atoms with van der Waals surface area (Å²) in [5.41, 5.74) is 4.58. The highest BCUT2D eigenvalue weighted by atomic mass is 16.2. The zero-order chi connectivity index (χ0) is 17.9. The molecule has 7 nitrogen and oxygen atoms in total. The van der Waals surface area contributed by atoms with Crippen LogP contribution in [0.4, 0.5) is 0 Å². The number of hydrogen-bond donors (Lipinski definition) is 1. The quantitative estimate of drug-likeness (QED) is 0.786. The number of pyridine rings is 1. The Morgan fingerprint density at radius 1 is 1.12 bits per heavy atom. The number of carbonyl (C=O) groups is 1. The minimum atomic E-state index is -0.0464. The van der Waals surface area contributed by atoms with E-state index in [1.165, 1.54) is 0 Å². The van der Waals surface area contributed by atoms with Crippen molar-refractivity contribution >= 4 is 5.91 Å². The largest absolute Gasteiger partial charge is 0.337 e. The first kappa shape index (κ1) is 16.4. The number of aromatic nitrogens is 5. The summed E-state index contributed by atoms with van der Waals surface area (Å²) < 4.78 is 0. The topological polar surface area (TPSA) is 87.7 Å². The highest BCUT2D eigenvalue weighted by Gasteiger charge is 2.27. The zero-order valence-corrected chi connectivity index (χ0v) is 14.6. The molecule has 1 fully saturated rings. The number of nitrogens with one attached hydrogen (secondary N) is 1. The van der Waals surface area contributed by atoms with Gasteiger partial charge in [-0.1, -0.05) is 0 Å². The van der Waals surface area contributed by atoms with E-state index in [0.29, 0.717) is 24.7 Å². The Labute approximate surface area is 151 Å². The van der Waals surface area contributed by atoms with Crippen LogP contribution in [0.15, 0.2) is 43.1 Å². The summed E-state index contributed by atoms with van der Waals surface area (Å²) in [6, 6.07) is 3.98. The van der Waals surface area contributed by atoms with Gasteiger partial charge in [-0.2, -0.15) is 5.10 Å². The summed E-state index contributed by atoms with van der Waals surface area (Å²) in [6.45, 7) is 3.26. The lowest BCUT2D eigenvalue weighted by molar-refractivity contribution is 0.0705. The van der Waals surface area contributed by atoms with Crippen LogP contribution >= 0.6 is 0 Å². The molecule has 4 rings (SSSR count). The Bertz CT molecular complexity index is 882. The summed E-state index contributed by atoms with van der Waals surface area (Å²) in [5.74, 6) is 0.309. The molecular weight excluding hydrogens is 328 g/mol. The Morgan fingerprint density at radius 2 is 1.88 bits per heavy atom. The van der Waals surface area contributed by atoms with Crippen LogP contribution in [0, 0.1) is 6.92 Å². The van der Waals surface area contributed by atoms with Crippen molar-refractivity contribution in [2.75, 3.05) is 13.1 Å². The van der Waals surface area contributed by atoms with Gasteiger partial charge in [-0.15, -0.1) is 0 Å². The minimum Gasteiger partial charge on any atom is -0.337 e. The number of rotatable bonds is 3. The van der Waals surface area contributed by atoms with Crippen molar-refractivity contribution in [1.29, 1.82) is 0 Å². The second-order valence-corrected chi connectivity index (χ2v) is 6.54. The first-order valence-electron chi connectivity index (χ1n) is 8.74. The molecular formula is C19H20N6O. The molecule has 3 aromatic rings. The molecule has 0 aromatic carbocycles. The summed E-state index contributed by atoms with van der Waals surface area (Å²) in [6.07, 6.45) is 10.4. The van der Waals surface area contributed by atoms with Gasteiger partial charge in [0.2, 0.25) is 0 Å². The third-order valence-electron chi connectivity index (χ3n) is 4.85. The van der Waals surface area contributed by atoms with Crippen LogP contribution in [0.3, 0.4) is 0 Å². The normalized spacial score (nSPS) is 15.2. The Hall–Kier alpha value is -3.09. The lowest BCUT2D eigenvalue weighted by Crippen LogP contribution is -2.38. The van der Waals surface area contributed by atoms with Gasteiger partial charge >= 0.3 is 0 Å². The predicted octanol–water partition coefficient (Wildman–Crippen LogP) is 2.59. The molecule has 4 heterocycles. The molecule has 0 spiro atoms. The molecule has 1 aliphatic heterocycles. The van der Waals surface area contributed by atoms with E-state index in [1.807, 2.05) is 30.2 Å². The second-order valence-electron chi connectivity index (χ2n) is 6.54. The molecule has 0 radical (unpaired) electrons. The molecule has 1 amide bonds. The SMILES string of the molecule is Cc1cnc(C(=O)N2CCC(c3[nH]ncc3-c3ccncc3)CC2)cn1. The molecule has 0 aliphatic carbocycles. The molecule has 0 atom stereocenters. The van der Waals surface area contributed by atoms with Crippen LogP contribution in [0.2, 0.25) is 0 Å². The Balaban J connectivity index is 1.45. The lowest BCUT2D eigenvalue weighted by Gasteiger charge is -2.31. The van der Waals surface area contributed by atoms with Crippen LogP contribution in [0.1, 0.15) is 40.6 Å². The fourth-order valence-electron chi connectivity index (χ4n) is 3.41. The van der Waals surface area contributed by atoms with E-state index >= 15 is 0 Å². The van der Waals surface area contributed by atoms with Gasteiger partial charge in [-0.05, 0) is 37.5 Å². The van der Waals surface area contributed by atoms with Crippen molar-refractivity contribution in [1.82, 2.24) is 30.0 Å². The standard InChI is InChI=1S/C19H20N6O/c1-13-10-22-17(12-21-13)19(26)25-8-4-15(5-9-25)18-16(11-23-24-18)14-2-6-20-7-3-14/h2-3,6-7,10-12,15H,4-5,8-9H2,1H3,(H,23,24). The van der Waals surface area contributed by atoms with Crippen LogP contribution < -0.4 is 0 Å². The predicted molar refractivity (Wildman–Crippen MR) is 96.5 cm³/mol. The highest BCUT2D eigenvalue weighted by molar-refractivity contribution is 5.92. The van der Waals surface area contributed by atoms with Crippen molar-refractivity contribution in [3.05, 3.63) is 60.2 Å². The molecule has 7 heteroatoms.